The van der Waals surface area contributed by atoms with Crippen LogP contribution in [0.15, 0.2) is 91.0 Å². The average Bonchev–Trinajstić information content (AvgIpc) is 3.80. The van der Waals surface area contributed by atoms with E-state index in [9.17, 15) is 4.79 Å². The molecule has 57 heavy (non-hydrogen) atoms. The second-order valence-corrected chi connectivity index (χ2v) is 16.6. The molecule has 0 aliphatic rings. The maximum absolute atomic E-state index is 14.2. The summed E-state index contributed by atoms with van der Waals surface area (Å²) in [7, 11) is 0. The van der Waals surface area contributed by atoms with Crippen molar-refractivity contribution in [1.82, 2.24) is 19.8 Å². The van der Waals surface area contributed by atoms with Crippen LogP contribution in [0.1, 0.15) is 125 Å². The van der Waals surface area contributed by atoms with Crippen LogP contribution >= 0.6 is 0 Å². The first-order chi connectivity index (χ1) is 27.5. The highest BCUT2D eigenvalue weighted by Crippen LogP contribution is 2.35. The Morgan fingerprint density at radius 3 is 2.04 bits per heavy atom. The molecule has 1 atom stereocenters. The molecule has 0 spiro atoms. The van der Waals surface area contributed by atoms with Crippen LogP contribution in [0.25, 0.3) is 17.0 Å². The number of rotatable bonds is 19. The average molecular weight is 768 g/mol. The van der Waals surface area contributed by atoms with Gasteiger partial charge in [-0.1, -0.05) is 133 Å². The molecule has 4 aromatic carbocycles. The van der Waals surface area contributed by atoms with Gasteiger partial charge in [0.15, 0.2) is 17.6 Å². The van der Waals surface area contributed by atoms with E-state index in [4.69, 9.17) is 9.47 Å². The van der Waals surface area contributed by atoms with Gasteiger partial charge >= 0.3 is 0 Å². The fraction of sp³-hybridized carbons (Fsp3) is 0.408. The predicted molar refractivity (Wildman–Crippen MR) is 232 cm³/mol. The number of hydrogen-bond acceptors (Lipinski definition) is 5. The van der Waals surface area contributed by atoms with E-state index in [1.54, 1.807) is 0 Å². The summed E-state index contributed by atoms with van der Waals surface area (Å²) in [6.07, 6.45) is 10.3. The van der Waals surface area contributed by atoms with Crippen LogP contribution < -0.4 is 14.8 Å². The van der Waals surface area contributed by atoms with E-state index in [-0.39, 0.29) is 11.3 Å². The van der Waals surface area contributed by atoms with Gasteiger partial charge in [-0.25, -0.2) is 4.52 Å². The highest BCUT2D eigenvalue weighted by atomic mass is 16.5. The molecule has 0 fully saturated rings. The Balaban J connectivity index is 1.15. The monoisotopic (exact) mass is 767 g/mol. The molecular formula is C49H61N5O3. The third kappa shape index (κ3) is 10.9. The summed E-state index contributed by atoms with van der Waals surface area (Å²) in [5.41, 5.74) is 10.1. The van der Waals surface area contributed by atoms with Crippen molar-refractivity contribution in [3.8, 4) is 22.9 Å². The van der Waals surface area contributed by atoms with Crippen LogP contribution in [0.4, 0.5) is 5.69 Å². The lowest BCUT2D eigenvalue weighted by Gasteiger charge is -2.22. The molecule has 300 valence electrons. The Morgan fingerprint density at radius 1 is 0.754 bits per heavy atom. The lowest BCUT2D eigenvalue weighted by atomic mass is 9.93. The first-order valence-corrected chi connectivity index (χ1v) is 20.9. The molecule has 6 rings (SSSR count). The molecule has 8 heteroatoms. The van der Waals surface area contributed by atoms with Gasteiger partial charge in [-0.15, -0.1) is 10.2 Å². The molecule has 0 bridgehead atoms. The molecule has 1 unspecified atom stereocenters. The van der Waals surface area contributed by atoms with E-state index in [1.807, 2.05) is 53.9 Å². The molecule has 0 aliphatic carbocycles. The first kappa shape index (κ1) is 41.3. The number of aromatic nitrogens is 4. The van der Waals surface area contributed by atoms with Crippen LogP contribution in [0.3, 0.4) is 0 Å². The Hall–Kier alpha value is -5.37. The number of H-pyrrole nitrogens is 1. The number of unbranched alkanes of at least 4 members (excludes halogenated alkanes) is 7. The summed E-state index contributed by atoms with van der Waals surface area (Å²) in [5, 5.41) is 15.9. The number of ether oxygens (including phenoxy) is 2. The molecule has 6 aromatic rings. The van der Waals surface area contributed by atoms with Gasteiger partial charge in [0.2, 0.25) is 0 Å². The number of benzene rings is 4. The van der Waals surface area contributed by atoms with E-state index < -0.39 is 6.10 Å². The molecule has 8 nitrogen and oxygen atoms in total. The number of nitrogens with zero attached hydrogens (tertiary/aromatic N) is 3. The Labute approximate surface area is 339 Å². The van der Waals surface area contributed by atoms with Crippen molar-refractivity contribution in [2.45, 2.75) is 131 Å². The van der Waals surface area contributed by atoms with Crippen molar-refractivity contribution in [3.05, 3.63) is 130 Å². The third-order valence-electron chi connectivity index (χ3n) is 10.8. The van der Waals surface area contributed by atoms with Crippen LogP contribution in [0.5, 0.6) is 11.5 Å². The zero-order chi connectivity index (χ0) is 40.4. The normalized spacial score (nSPS) is 12.2. The van der Waals surface area contributed by atoms with Crippen LogP contribution in [0, 0.1) is 20.8 Å². The number of amides is 1. The van der Waals surface area contributed by atoms with Crippen molar-refractivity contribution in [1.29, 1.82) is 0 Å². The van der Waals surface area contributed by atoms with E-state index >= 15 is 0 Å². The summed E-state index contributed by atoms with van der Waals surface area (Å²) in [5.74, 6) is 2.13. The Bertz CT molecular complexity index is 2190. The summed E-state index contributed by atoms with van der Waals surface area (Å²) >= 11 is 0. The van der Waals surface area contributed by atoms with Crippen LogP contribution in [-0.2, 0) is 23.2 Å². The number of anilines is 1. The Kier molecular flexibility index (Phi) is 13.9. The number of aromatic amines is 1. The predicted octanol–water partition coefficient (Wildman–Crippen LogP) is 12.0. The van der Waals surface area contributed by atoms with Gasteiger partial charge in [0, 0.05) is 28.4 Å². The summed E-state index contributed by atoms with van der Waals surface area (Å²) < 4.78 is 14.5. The van der Waals surface area contributed by atoms with E-state index in [0.29, 0.717) is 18.8 Å². The molecular weight excluding hydrogens is 707 g/mol. The number of hydrogen-bond donors (Lipinski definition) is 2. The van der Waals surface area contributed by atoms with Gasteiger partial charge in [-0.2, -0.15) is 0 Å². The van der Waals surface area contributed by atoms with Gasteiger partial charge in [0.25, 0.3) is 5.91 Å². The molecule has 2 heterocycles. The van der Waals surface area contributed by atoms with E-state index in [1.165, 1.54) is 49.7 Å². The third-order valence-corrected chi connectivity index (χ3v) is 10.8. The molecule has 1 amide bonds. The van der Waals surface area contributed by atoms with E-state index in [2.05, 4.69) is 111 Å². The van der Waals surface area contributed by atoms with Crippen LogP contribution in [0.2, 0.25) is 0 Å². The topological polar surface area (TPSA) is 93.5 Å². The smallest absolute Gasteiger partial charge is 0.265 e. The largest absolute Gasteiger partial charge is 0.489 e. The minimum Gasteiger partial charge on any atom is -0.489 e. The highest BCUT2D eigenvalue weighted by Gasteiger charge is 2.26. The van der Waals surface area contributed by atoms with Crippen molar-refractivity contribution in [2.24, 2.45) is 0 Å². The Morgan fingerprint density at radius 2 is 1.39 bits per heavy atom. The summed E-state index contributed by atoms with van der Waals surface area (Å²) in [6, 6.07) is 30.8. The maximum atomic E-state index is 14.2. The molecule has 0 saturated heterocycles. The van der Waals surface area contributed by atoms with E-state index in [0.717, 1.165) is 75.7 Å². The number of nitrogens with one attached hydrogen (secondary N) is 2. The number of aryl methyl sites for hydroxylation is 2. The second kappa shape index (κ2) is 19.2. The fourth-order valence-corrected chi connectivity index (χ4v) is 7.49. The minimum absolute atomic E-state index is 0.0655. The number of carbonyl (C=O) groups excluding carboxylic acids is 1. The first-order valence-electron chi connectivity index (χ1n) is 20.9. The second-order valence-electron chi connectivity index (χ2n) is 16.6. The molecule has 0 aliphatic heterocycles. The van der Waals surface area contributed by atoms with Gasteiger partial charge in [-0.05, 0) is 97.7 Å². The van der Waals surface area contributed by atoms with Crippen LogP contribution in [-0.4, -0.2) is 31.8 Å². The molecule has 2 N–H and O–H groups in total. The zero-order valence-corrected chi connectivity index (χ0v) is 35.1. The number of fused-ring (bicyclic) bond motifs is 1. The molecule has 0 saturated carbocycles. The molecule has 2 aromatic heterocycles. The van der Waals surface area contributed by atoms with Crippen molar-refractivity contribution in [3.63, 3.8) is 0 Å². The fourth-order valence-electron chi connectivity index (χ4n) is 7.49. The van der Waals surface area contributed by atoms with Gasteiger partial charge in [-0.3, -0.25) is 9.89 Å². The maximum Gasteiger partial charge on any atom is 0.265 e. The zero-order valence-electron chi connectivity index (χ0n) is 35.1. The standard InChI is InChI=1S/C49H61N5O3/c1-8-9-10-11-12-13-14-18-21-42(57-41-28-24-38(25-29-41)31-37-22-26-40(27-23-37)56-33-39-19-16-15-17-20-39)48(55)50-46-35(3)30-34(2)45(36(46)4)47-52-51-44-32-43(49(5,6)7)53-54(44)47/h15-17,19-20,22-30,32,42,53H,8-14,18,21,31,33H2,1-7H3,(H,50,55). The van der Waals surface area contributed by atoms with Gasteiger partial charge in [0.05, 0.1) is 0 Å². The lowest BCUT2D eigenvalue weighted by molar-refractivity contribution is -0.123. The minimum atomic E-state index is -0.638. The quantitative estimate of drug-likeness (QED) is 0.0801. The lowest BCUT2D eigenvalue weighted by Crippen LogP contribution is -2.33. The molecule has 0 radical (unpaired) electrons. The van der Waals surface area contributed by atoms with Crippen molar-refractivity contribution < 1.29 is 14.3 Å². The number of carbonyl (C=O) groups is 1. The van der Waals surface area contributed by atoms with Gasteiger partial charge < -0.3 is 14.8 Å². The SMILES string of the molecule is CCCCCCCCCCC(Oc1ccc(Cc2ccc(OCc3ccccc3)cc2)cc1)C(=O)Nc1c(C)cc(C)c(-c2nnc3cc(C(C)(C)C)[nH]n23)c1C. The summed E-state index contributed by atoms with van der Waals surface area (Å²) in [4.78, 5) is 14.2. The van der Waals surface area contributed by atoms with Crippen molar-refractivity contribution >= 4 is 17.2 Å². The highest BCUT2D eigenvalue weighted by molar-refractivity contribution is 5.97. The van der Waals surface area contributed by atoms with Gasteiger partial charge in [0.1, 0.15) is 18.1 Å². The van der Waals surface area contributed by atoms with Crippen molar-refractivity contribution in [2.75, 3.05) is 5.32 Å². The summed E-state index contributed by atoms with van der Waals surface area (Å²) in [6.45, 7) is 15.5.